The Bertz CT molecular complexity index is 829. The summed E-state index contributed by atoms with van der Waals surface area (Å²) in [7, 11) is 1.56. The van der Waals surface area contributed by atoms with Gasteiger partial charge in [-0.1, -0.05) is 48.0 Å². The number of amides is 1. The molecule has 0 fully saturated rings. The van der Waals surface area contributed by atoms with Crippen molar-refractivity contribution in [1.82, 2.24) is 5.32 Å². The van der Waals surface area contributed by atoms with E-state index in [1.165, 1.54) is 6.92 Å². The van der Waals surface area contributed by atoms with Gasteiger partial charge in [-0.15, -0.1) is 0 Å². The minimum atomic E-state index is -0.948. The van der Waals surface area contributed by atoms with Crippen molar-refractivity contribution in [2.24, 2.45) is 0 Å². The highest BCUT2D eigenvalue weighted by Crippen LogP contribution is 2.16. The summed E-state index contributed by atoms with van der Waals surface area (Å²) < 4.78 is 10.4. The van der Waals surface area contributed by atoms with Crippen molar-refractivity contribution < 1.29 is 23.9 Å². The fraction of sp³-hybridized carbons (Fsp3) is 0.318. The molecule has 0 bridgehead atoms. The molecule has 2 aromatic rings. The van der Waals surface area contributed by atoms with Gasteiger partial charge in [-0.25, -0.2) is 0 Å². The Balaban J connectivity index is 1.77. The van der Waals surface area contributed by atoms with Crippen molar-refractivity contribution in [1.29, 1.82) is 0 Å². The number of ether oxygens (including phenoxy) is 2. The molecule has 148 valence electrons. The fourth-order valence-electron chi connectivity index (χ4n) is 2.58. The maximum absolute atomic E-state index is 12.1. The van der Waals surface area contributed by atoms with Gasteiger partial charge in [0.1, 0.15) is 5.75 Å². The topological polar surface area (TPSA) is 81.7 Å². The number of methoxy groups -OCH3 is 1. The highest BCUT2D eigenvalue weighted by Gasteiger charge is 2.19. The van der Waals surface area contributed by atoms with Crippen molar-refractivity contribution in [3.05, 3.63) is 65.2 Å². The Labute approximate surface area is 164 Å². The Morgan fingerprint density at radius 1 is 1.00 bits per heavy atom. The van der Waals surface area contributed by atoms with Crippen LogP contribution in [0.4, 0.5) is 0 Å². The number of carbonyl (C=O) groups excluding carboxylic acids is 3. The van der Waals surface area contributed by atoms with E-state index in [0.29, 0.717) is 11.3 Å². The number of nitrogens with one attached hydrogen (secondary N) is 1. The van der Waals surface area contributed by atoms with Crippen LogP contribution in [0.1, 0.15) is 41.3 Å². The van der Waals surface area contributed by atoms with Crippen LogP contribution < -0.4 is 10.1 Å². The summed E-state index contributed by atoms with van der Waals surface area (Å²) in [6.45, 7) is 3.69. The minimum Gasteiger partial charge on any atom is -0.496 e. The quantitative estimate of drug-likeness (QED) is 0.531. The molecule has 1 atom stereocenters. The number of rotatable bonds is 9. The van der Waals surface area contributed by atoms with Crippen LogP contribution in [-0.4, -0.2) is 30.9 Å². The summed E-state index contributed by atoms with van der Waals surface area (Å²) in [6.07, 6.45) is -0.981. The monoisotopic (exact) mass is 383 g/mol. The second-order valence-electron chi connectivity index (χ2n) is 6.45. The van der Waals surface area contributed by atoms with Gasteiger partial charge in [0.25, 0.3) is 5.91 Å². The molecule has 0 aliphatic rings. The number of Topliss-reactive ketones (excluding diaryl/α,β-unsaturated/α-hetero) is 1. The van der Waals surface area contributed by atoms with E-state index in [4.69, 9.17) is 9.47 Å². The third-order valence-corrected chi connectivity index (χ3v) is 4.25. The first kappa shape index (κ1) is 21.2. The third-order valence-electron chi connectivity index (χ3n) is 4.25. The zero-order valence-electron chi connectivity index (χ0n) is 16.4. The molecule has 0 aliphatic heterocycles. The molecule has 6 nitrogen and oxygen atoms in total. The molecule has 6 heteroatoms. The molecule has 28 heavy (non-hydrogen) atoms. The summed E-state index contributed by atoms with van der Waals surface area (Å²) in [6, 6.07) is 14.5. The number of hydrogen-bond donors (Lipinski definition) is 1. The summed E-state index contributed by atoms with van der Waals surface area (Å²) in [5.74, 6) is -0.461. The summed E-state index contributed by atoms with van der Waals surface area (Å²) in [5.41, 5.74) is 2.44. The largest absolute Gasteiger partial charge is 0.496 e. The van der Waals surface area contributed by atoms with Crippen molar-refractivity contribution >= 4 is 17.7 Å². The number of hydrogen-bond acceptors (Lipinski definition) is 5. The van der Waals surface area contributed by atoms with Gasteiger partial charge in [-0.3, -0.25) is 14.4 Å². The zero-order chi connectivity index (χ0) is 20.5. The molecular weight excluding hydrogens is 358 g/mol. The predicted molar refractivity (Wildman–Crippen MR) is 105 cm³/mol. The van der Waals surface area contributed by atoms with Gasteiger partial charge < -0.3 is 14.8 Å². The van der Waals surface area contributed by atoms with E-state index in [2.05, 4.69) is 5.32 Å². The summed E-state index contributed by atoms with van der Waals surface area (Å²) in [5, 5.41) is 2.71. The van der Waals surface area contributed by atoms with E-state index in [1.54, 1.807) is 25.3 Å². The third kappa shape index (κ3) is 6.23. The van der Waals surface area contributed by atoms with Crippen LogP contribution in [0.3, 0.4) is 0 Å². The Morgan fingerprint density at radius 3 is 2.36 bits per heavy atom. The van der Waals surface area contributed by atoms with Crippen molar-refractivity contribution in [2.75, 3.05) is 7.11 Å². The molecule has 0 saturated heterocycles. The molecule has 0 unspecified atom stereocenters. The van der Waals surface area contributed by atoms with Crippen molar-refractivity contribution in [3.63, 3.8) is 0 Å². The van der Waals surface area contributed by atoms with E-state index in [0.717, 1.165) is 11.1 Å². The second kappa shape index (κ2) is 10.3. The van der Waals surface area contributed by atoms with E-state index >= 15 is 0 Å². The standard InChI is InChI=1S/C22H25NO5/c1-15-8-10-17(11-9-15)19(24)12-13-21(25)28-16(2)22(26)23-14-18-6-4-5-7-20(18)27-3/h4-11,16H,12-14H2,1-3H3,(H,23,26)/t16-/m0/s1. The van der Waals surface area contributed by atoms with Crippen LogP contribution in [0.25, 0.3) is 0 Å². The molecule has 0 saturated carbocycles. The van der Waals surface area contributed by atoms with Gasteiger partial charge >= 0.3 is 5.97 Å². The normalized spacial score (nSPS) is 11.4. The second-order valence-corrected chi connectivity index (χ2v) is 6.45. The number of carbonyl (C=O) groups is 3. The molecule has 1 N–H and O–H groups in total. The average Bonchev–Trinajstić information content (AvgIpc) is 2.70. The molecule has 0 spiro atoms. The minimum absolute atomic E-state index is 0.0391. The first-order chi connectivity index (χ1) is 13.4. The molecule has 2 rings (SSSR count). The van der Waals surface area contributed by atoms with Gasteiger partial charge in [-0.2, -0.15) is 0 Å². The molecule has 2 aromatic carbocycles. The molecule has 1 amide bonds. The molecule has 0 radical (unpaired) electrons. The number of para-hydroxylation sites is 1. The fourth-order valence-corrected chi connectivity index (χ4v) is 2.58. The average molecular weight is 383 g/mol. The van der Waals surface area contributed by atoms with Crippen LogP contribution in [0, 0.1) is 6.92 Å². The van der Waals surface area contributed by atoms with Gasteiger partial charge in [0, 0.05) is 24.1 Å². The van der Waals surface area contributed by atoms with Gasteiger partial charge in [-0.05, 0) is 19.9 Å². The number of benzene rings is 2. The summed E-state index contributed by atoms with van der Waals surface area (Å²) >= 11 is 0. The van der Waals surface area contributed by atoms with Crippen molar-refractivity contribution in [2.45, 2.75) is 39.3 Å². The SMILES string of the molecule is COc1ccccc1CNC(=O)[C@H](C)OC(=O)CCC(=O)c1ccc(C)cc1. The molecular formula is C22H25NO5. The van der Waals surface area contributed by atoms with Crippen LogP contribution in [0.2, 0.25) is 0 Å². The lowest BCUT2D eigenvalue weighted by Gasteiger charge is -2.14. The molecule has 0 heterocycles. The van der Waals surface area contributed by atoms with Gasteiger partial charge in [0.15, 0.2) is 11.9 Å². The van der Waals surface area contributed by atoms with Crippen molar-refractivity contribution in [3.8, 4) is 5.75 Å². The predicted octanol–water partition coefficient (Wildman–Crippen LogP) is 3.21. The maximum Gasteiger partial charge on any atom is 0.307 e. The first-order valence-electron chi connectivity index (χ1n) is 9.09. The summed E-state index contributed by atoms with van der Waals surface area (Å²) in [4.78, 5) is 36.2. The molecule has 0 aromatic heterocycles. The maximum atomic E-state index is 12.1. The van der Waals surface area contributed by atoms with Crippen LogP contribution in [0.5, 0.6) is 5.75 Å². The van der Waals surface area contributed by atoms with Gasteiger partial charge in [0.2, 0.25) is 0 Å². The van der Waals surface area contributed by atoms with E-state index in [9.17, 15) is 14.4 Å². The Morgan fingerprint density at radius 2 is 1.68 bits per heavy atom. The van der Waals surface area contributed by atoms with E-state index < -0.39 is 18.0 Å². The molecule has 0 aliphatic carbocycles. The number of esters is 1. The van der Waals surface area contributed by atoms with Crippen LogP contribution >= 0.6 is 0 Å². The number of ketones is 1. The lowest BCUT2D eigenvalue weighted by Crippen LogP contribution is -2.35. The van der Waals surface area contributed by atoms with E-state index in [1.807, 2.05) is 37.3 Å². The Kier molecular flexibility index (Phi) is 7.75. The van der Waals surface area contributed by atoms with Gasteiger partial charge in [0.05, 0.1) is 13.5 Å². The Hall–Kier alpha value is -3.15. The lowest BCUT2D eigenvalue weighted by molar-refractivity contribution is -0.154. The van der Waals surface area contributed by atoms with E-state index in [-0.39, 0.29) is 25.2 Å². The lowest BCUT2D eigenvalue weighted by atomic mass is 10.1. The first-order valence-corrected chi connectivity index (χ1v) is 9.09. The smallest absolute Gasteiger partial charge is 0.307 e. The zero-order valence-corrected chi connectivity index (χ0v) is 16.4. The number of aryl methyl sites for hydroxylation is 1. The highest BCUT2D eigenvalue weighted by atomic mass is 16.5. The van der Waals surface area contributed by atoms with Crippen LogP contribution in [-0.2, 0) is 20.9 Å². The highest BCUT2D eigenvalue weighted by molar-refractivity contribution is 5.97. The van der Waals surface area contributed by atoms with Crippen LogP contribution in [0.15, 0.2) is 48.5 Å².